The highest BCUT2D eigenvalue weighted by Crippen LogP contribution is 2.44. The monoisotopic (exact) mass is 842 g/mol. The van der Waals surface area contributed by atoms with E-state index < -0.39 is 122 Å². The summed E-state index contributed by atoms with van der Waals surface area (Å²) in [5.74, 6) is -5.97. The molecule has 1 aliphatic carbocycles. The summed E-state index contributed by atoms with van der Waals surface area (Å²) in [7, 11) is 0. The third kappa shape index (κ3) is 9.93. The molecule has 0 bridgehead atoms. The molecular weight excluding hydrogens is 804 g/mol. The van der Waals surface area contributed by atoms with Crippen molar-refractivity contribution >= 4 is 24.0 Å². The van der Waals surface area contributed by atoms with Gasteiger partial charge in [-0.3, -0.25) is 14.4 Å². The fourth-order valence-electron chi connectivity index (χ4n) is 6.08. The van der Waals surface area contributed by atoms with Gasteiger partial charge in [-0.05, 0) is 48.0 Å². The number of esters is 2. The molecule has 21 nitrogen and oxygen atoms in total. The van der Waals surface area contributed by atoms with Crippen LogP contribution in [0.3, 0.4) is 0 Å². The minimum Gasteiger partial charge on any atom is -0.508 e. The van der Waals surface area contributed by atoms with E-state index in [-0.39, 0.29) is 34.1 Å². The summed E-state index contributed by atoms with van der Waals surface area (Å²) in [6.07, 6.45) is -16.9. The minimum atomic E-state index is -1.99. The second kappa shape index (κ2) is 18.3. The lowest BCUT2D eigenvalue weighted by molar-refractivity contribution is -0.278. The lowest BCUT2D eigenvalue weighted by Gasteiger charge is -2.40. The predicted molar refractivity (Wildman–Crippen MR) is 196 cm³/mol. The van der Waals surface area contributed by atoms with Crippen LogP contribution < -0.4 is 14.9 Å². The molecule has 10 atom stereocenters. The second-order valence-electron chi connectivity index (χ2n) is 13.6. The van der Waals surface area contributed by atoms with E-state index in [2.05, 4.69) is 0 Å². The summed E-state index contributed by atoms with van der Waals surface area (Å²) in [6, 6.07) is 12.4. The van der Waals surface area contributed by atoms with Gasteiger partial charge in [-0.25, -0.2) is 4.79 Å². The number of hydrogen-bond acceptors (Lipinski definition) is 20. The maximum atomic E-state index is 12.9. The van der Waals surface area contributed by atoms with Gasteiger partial charge in [0, 0.05) is 23.8 Å². The molecule has 21 heteroatoms. The zero-order chi connectivity index (χ0) is 43.4. The van der Waals surface area contributed by atoms with Crippen molar-refractivity contribution < 1.29 is 98.3 Å². The van der Waals surface area contributed by atoms with E-state index in [0.717, 1.165) is 30.3 Å². The fraction of sp³-hybridized carbons (Fsp3) is 0.333. The van der Waals surface area contributed by atoms with Gasteiger partial charge in [0.05, 0.1) is 5.56 Å². The summed E-state index contributed by atoms with van der Waals surface area (Å²) < 4.78 is 39.1. The van der Waals surface area contributed by atoms with Gasteiger partial charge in [0.15, 0.2) is 28.4 Å². The maximum absolute atomic E-state index is 12.9. The largest absolute Gasteiger partial charge is 0.508 e. The van der Waals surface area contributed by atoms with Crippen LogP contribution in [-0.4, -0.2) is 144 Å². The Morgan fingerprint density at radius 1 is 0.667 bits per heavy atom. The fourth-order valence-corrected chi connectivity index (χ4v) is 6.08. The SMILES string of the molecule is O=C(O)CC(=O)OC[C@H]1O[C@@H](Oc2cc(=O)cc3oc(-c4ccc(O)c(O)c4)c(O[C@@H]4O[C@H](COC(=O)/C=C/c5ccc(O)cc5)[C@@H](O)[C@H](O)[C@H]4O)cc2-3)[C@H](O)[C@@H](O)[C@@H]1O. The van der Waals surface area contributed by atoms with Crippen LogP contribution in [0, 0.1) is 0 Å². The highest BCUT2D eigenvalue weighted by atomic mass is 16.7. The van der Waals surface area contributed by atoms with E-state index in [1.165, 1.54) is 42.5 Å². The number of ether oxygens (including phenoxy) is 6. The first-order valence-electron chi connectivity index (χ1n) is 17.9. The number of aliphatic hydroxyl groups excluding tert-OH is 6. The Labute approximate surface area is 337 Å². The van der Waals surface area contributed by atoms with E-state index in [0.29, 0.717) is 5.56 Å². The van der Waals surface area contributed by atoms with Crippen molar-refractivity contribution in [3.63, 3.8) is 0 Å². The number of carboxylic acid groups (broad SMARTS) is 1. The molecule has 0 unspecified atom stereocenters. The molecule has 6 rings (SSSR count). The Kier molecular flexibility index (Phi) is 13.2. The van der Waals surface area contributed by atoms with Crippen LogP contribution in [0.15, 0.2) is 76.0 Å². The lowest BCUT2D eigenvalue weighted by Crippen LogP contribution is -2.60. The quantitative estimate of drug-likeness (QED) is 0.0340. The van der Waals surface area contributed by atoms with E-state index in [1.54, 1.807) is 0 Å². The van der Waals surface area contributed by atoms with Gasteiger partial charge >= 0.3 is 17.9 Å². The molecule has 10 N–H and O–H groups in total. The van der Waals surface area contributed by atoms with Gasteiger partial charge in [-0.2, -0.15) is 0 Å². The number of carbonyl (C=O) groups is 3. The molecule has 3 aliphatic heterocycles. The average molecular weight is 843 g/mol. The second-order valence-corrected chi connectivity index (χ2v) is 13.6. The zero-order valence-corrected chi connectivity index (χ0v) is 30.8. The Balaban J connectivity index is 1.30. The molecule has 0 spiro atoms. The van der Waals surface area contributed by atoms with Crippen molar-refractivity contribution in [3.8, 4) is 51.4 Å². The molecule has 2 aromatic carbocycles. The van der Waals surface area contributed by atoms with Crippen LogP contribution in [0.1, 0.15) is 12.0 Å². The molecule has 2 aromatic rings. The number of phenols is 3. The van der Waals surface area contributed by atoms with Gasteiger partial charge in [0.1, 0.15) is 85.7 Å². The van der Waals surface area contributed by atoms with Crippen LogP contribution in [0.5, 0.6) is 28.7 Å². The maximum Gasteiger partial charge on any atom is 0.330 e. The predicted octanol–water partition coefficient (Wildman–Crippen LogP) is -0.824. The summed E-state index contributed by atoms with van der Waals surface area (Å²) in [4.78, 5) is 48.0. The molecular formula is C39H38O21. The van der Waals surface area contributed by atoms with Crippen molar-refractivity contribution in [3.05, 3.63) is 82.5 Å². The third-order valence-electron chi connectivity index (χ3n) is 9.25. The smallest absolute Gasteiger partial charge is 0.330 e. The van der Waals surface area contributed by atoms with Crippen LogP contribution in [-0.2, 0) is 33.3 Å². The number of rotatable bonds is 13. The molecule has 60 heavy (non-hydrogen) atoms. The number of benzene rings is 3. The number of aliphatic hydroxyl groups is 6. The number of hydrogen-bond donors (Lipinski definition) is 10. The van der Waals surface area contributed by atoms with Crippen LogP contribution in [0.4, 0.5) is 0 Å². The molecule has 0 saturated carbocycles. The standard InChI is InChI=1S/C39H38O21/c40-18-5-1-16(2-6-18)3-8-29(46)54-14-26-31(48)34(51)36(53)39(60-26)58-25-12-20-23(56-37(25)17-4-7-21(42)22(43)9-17)10-19(41)11-24(20)57-38-35(52)33(50)32(49)27(59-38)15-55-30(47)13-28(44)45/h1-12,26-27,31-36,38-40,42-43,48-53H,13-15H2,(H,44,45)/b8-3+/t26-,27-,31-,32-,33+,34+,35-,36-,38-,39-/m1/s1. The third-order valence-corrected chi connectivity index (χ3v) is 9.25. The van der Waals surface area contributed by atoms with Crippen molar-refractivity contribution in [2.24, 2.45) is 0 Å². The first kappa shape index (κ1) is 43.3. The van der Waals surface area contributed by atoms with Gasteiger partial charge in [-0.1, -0.05) is 12.1 Å². The van der Waals surface area contributed by atoms with Gasteiger partial charge in [0.2, 0.25) is 12.6 Å². The van der Waals surface area contributed by atoms with Gasteiger partial charge in [-0.15, -0.1) is 0 Å². The number of phenolic OH excluding ortho intramolecular Hbond substituents is 3. The first-order chi connectivity index (χ1) is 28.5. The van der Waals surface area contributed by atoms with Crippen molar-refractivity contribution in [2.75, 3.05) is 13.2 Å². The summed E-state index contributed by atoms with van der Waals surface area (Å²) in [5, 5.41) is 103. The summed E-state index contributed by atoms with van der Waals surface area (Å²) >= 11 is 0. The topological polar surface area (TPSA) is 339 Å². The highest BCUT2D eigenvalue weighted by molar-refractivity contribution is 5.90. The van der Waals surface area contributed by atoms with Gasteiger partial charge < -0.3 is 83.9 Å². The zero-order valence-electron chi connectivity index (χ0n) is 30.8. The Morgan fingerprint density at radius 2 is 1.27 bits per heavy atom. The average Bonchev–Trinajstić information content (AvgIpc) is 3.20. The van der Waals surface area contributed by atoms with E-state index >= 15 is 0 Å². The van der Waals surface area contributed by atoms with Crippen LogP contribution >= 0.6 is 0 Å². The van der Waals surface area contributed by atoms with E-state index in [4.69, 9.17) is 37.9 Å². The Hall–Kier alpha value is -6.30. The first-order valence-corrected chi connectivity index (χ1v) is 17.9. The number of carboxylic acids is 1. The number of fused-ring (bicyclic) bond motifs is 1. The molecule has 0 radical (unpaired) electrons. The number of aromatic hydroxyl groups is 3. The minimum absolute atomic E-state index is 0.0108. The highest BCUT2D eigenvalue weighted by Gasteiger charge is 2.47. The van der Waals surface area contributed by atoms with Crippen LogP contribution in [0.2, 0.25) is 0 Å². The number of carbonyl (C=O) groups excluding carboxylic acids is 2. The summed E-state index contributed by atoms with van der Waals surface area (Å²) in [5.41, 5.74) is -0.294. The molecule has 0 amide bonds. The molecule has 0 aromatic heterocycles. The normalized spacial score (nSPS) is 26.7. The molecule has 2 fully saturated rings. The van der Waals surface area contributed by atoms with E-state index in [9.17, 15) is 65.1 Å². The lowest BCUT2D eigenvalue weighted by atomic mass is 9.99. The Morgan fingerprint density at radius 3 is 1.87 bits per heavy atom. The summed E-state index contributed by atoms with van der Waals surface area (Å²) in [6.45, 7) is -1.44. The van der Waals surface area contributed by atoms with Crippen LogP contribution in [0.25, 0.3) is 28.7 Å². The number of aliphatic carboxylic acids is 1. The van der Waals surface area contributed by atoms with Crippen molar-refractivity contribution in [1.82, 2.24) is 0 Å². The van der Waals surface area contributed by atoms with Crippen molar-refractivity contribution in [2.45, 2.75) is 67.8 Å². The molecule has 4 aliphatic rings. The molecule has 3 heterocycles. The van der Waals surface area contributed by atoms with E-state index in [1.807, 2.05) is 0 Å². The molecule has 2 saturated heterocycles. The van der Waals surface area contributed by atoms with Crippen molar-refractivity contribution in [1.29, 1.82) is 0 Å². The Bertz CT molecular complexity index is 2240. The van der Waals surface area contributed by atoms with Gasteiger partial charge in [0.25, 0.3) is 0 Å². The molecule has 320 valence electrons.